The smallest absolute Gasteiger partial charge is 0.0463 e. The summed E-state index contributed by atoms with van der Waals surface area (Å²) in [5, 5.41) is 0. The fraction of sp³-hybridized carbons (Fsp3) is 0.143. The lowest BCUT2D eigenvalue weighted by atomic mass is 10.2. The summed E-state index contributed by atoms with van der Waals surface area (Å²) in [6.07, 6.45) is 0. The second-order valence-corrected chi connectivity index (χ2v) is 6.38. The van der Waals surface area contributed by atoms with E-state index in [0.29, 0.717) is 0 Å². The van der Waals surface area contributed by atoms with Crippen LogP contribution in [-0.4, -0.2) is 0 Å². The molecule has 0 aromatic heterocycles. The van der Waals surface area contributed by atoms with E-state index in [9.17, 15) is 0 Å². The molecule has 0 aliphatic heterocycles. The third-order valence-electron chi connectivity index (χ3n) is 2.63. The van der Waals surface area contributed by atoms with Gasteiger partial charge < -0.3 is 11.5 Å². The summed E-state index contributed by atoms with van der Waals surface area (Å²) >= 11 is 0. The van der Waals surface area contributed by atoms with Gasteiger partial charge in [0.1, 0.15) is 0 Å². The van der Waals surface area contributed by atoms with Crippen molar-refractivity contribution in [3.8, 4) is 0 Å². The molecule has 0 aliphatic carbocycles. The minimum Gasteiger partial charge on any atom is -0.398 e. The molecule has 94 valence electrons. The number of anilines is 2. The molecule has 0 atom stereocenters. The largest absolute Gasteiger partial charge is 0.398 e. The number of rotatable bonds is 3. The summed E-state index contributed by atoms with van der Waals surface area (Å²) in [6, 6.07) is 12.0. The van der Waals surface area contributed by atoms with Crippen molar-refractivity contribution in [1.82, 2.24) is 0 Å². The average Bonchev–Trinajstić information content (AvgIpc) is 2.33. The molecule has 2 nitrogen and oxygen atoms in total. The third kappa shape index (κ3) is 2.94. The van der Waals surface area contributed by atoms with Gasteiger partial charge in [0.2, 0.25) is 0 Å². The lowest BCUT2D eigenvalue weighted by molar-refractivity contribution is 1.32. The van der Waals surface area contributed by atoms with Crippen LogP contribution >= 0.6 is 21.6 Å². The summed E-state index contributed by atoms with van der Waals surface area (Å²) < 4.78 is 0. The van der Waals surface area contributed by atoms with Crippen LogP contribution in [0, 0.1) is 13.8 Å². The second kappa shape index (κ2) is 5.59. The van der Waals surface area contributed by atoms with Gasteiger partial charge in [-0.15, -0.1) is 0 Å². The highest BCUT2D eigenvalue weighted by atomic mass is 33.1. The van der Waals surface area contributed by atoms with Crippen molar-refractivity contribution in [2.75, 3.05) is 11.5 Å². The Balaban J connectivity index is 2.19. The standard InChI is InChI=1S/C14H16N2S2/c1-9-6-7-11(15)13(8-9)17-18-14-10(2)4-3-5-12(14)16/h3-8H,15-16H2,1-2H3. The molecule has 0 saturated heterocycles. The van der Waals surface area contributed by atoms with Crippen molar-refractivity contribution in [2.24, 2.45) is 0 Å². The second-order valence-electron chi connectivity index (χ2n) is 4.20. The van der Waals surface area contributed by atoms with E-state index in [1.54, 1.807) is 21.6 Å². The topological polar surface area (TPSA) is 52.0 Å². The van der Waals surface area contributed by atoms with Gasteiger partial charge in [0, 0.05) is 21.2 Å². The Morgan fingerprint density at radius 3 is 2.39 bits per heavy atom. The first-order chi connectivity index (χ1) is 8.58. The molecule has 0 amide bonds. The summed E-state index contributed by atoms with van der Waals surface area (Å²) in [5.41, 5.74) is 16.0. The maximum Gasteiger partial charge on any atom is 0.0463 e. The van der Waals surface area contributed by atoms with Crippen LogP contribution in [0.5, 0.6) is 0 Å². The average molecular weight is 276 g/mol. The molecule has 0 saturated carbocycles. The minimum atomic E-state index is 0.810. The SMILES string of the molecule is Cc1ccc(N)c(SSc2c(C)cccc2N)c1. The highest BCUT2D eigenvalue weighted by Crippen LogP contribution is 2.43. The summed E-state index contributed by atoms with van der Waals surface area (Å²) in [6.45, 7) is 4.13. The Morgan fingerprint density at radius 1 is 0.889 bits per heavy atom. The molecule has 0 unspecified atom stereocenters. The van der Waals surface area contributed by atoms with Gasteiger partial charge in [-0.2, -0.15) is 0 Å². The van der Waals surface area contributed by atoms with Gasteiger partial charge in [-0.3, -0.25) is 0 Å². The molecular weight excluding hydrogens is 260 g/mol. The van der Waals surface area contributed by atoms with E-state index in [1.807, 2.05) is 24.3 Å². The molecular formula is C14H16N2S2. The van der Waals surface area contributed by atoms with Gasteiger partial charge in [0.15, 0.2) is 0 Å². The van der Waals surface area contributed by atoms with Gasteiger partial charge in [0.25, 0.3) is 0 Å². The first kappa shape index (κ1) is 13.2. The zero-order valence-corrected chi connectivity index (χ0v) is 12.1. The maximum atomic E-state index is 5.99. The molecule has 0 heterocycles. The lowest BCUT2D eigenvalue weighted by Gasteiger charge is -2.09. The first-order valence-electron chi connectivity index (χ1n) is 5.63. The van der Waals surface area contributed by atoms with Crippen LogP contribution in [-0.2, 0) is 0 Å². The van der Waals surface area contributed by atoms with E-state index in [4.69, 9.17) is 11.5 Å². The van der Waals surface area contributed by atoms with Crippen molar-refractivity contribution in [1.29, 1.82) is 0 Å². The van der Waals surface area contributed by atoms with E-state index in [1.165, 1.54) is 11.1 Å². The van der Waals surface area contributed by atoms with Crippen molar-refractivity contribution in [3.63, 3.8) is 0 Å². The molecule has 2 aromatic carbocycles. The van der Waals surface area contributed by atoms with Crippen LogP contribution in [0.25, 0.3) is 0 Å². The number of aryl methyl sites for hydroxylation is 2. The predicted octanol–water partition coefficient (Wildman–Crippen LogP) is 4.27. The number of nitrogen functional groups attached to an aromatic ring is 2. The minimum absolute atomic E-state index is 0.810. The van der Waals surface area contributed by atoms with Crippen molar-refractivity contribution < 1.29 is 0 Å². The van der Waals surface area contributed by atoms with Crippen LogP contribution in [0.15, 0.2) is 46.2 Å². The van der Waals surface area contributed by atoms with Crippen LogP contribution in [0.2, 0.25) is 0 Å². The fourth-order valence-electron chi connectivity index (χ4n) is 1.59. The summed E-state index contributed by atoms with van der Waals surface area (Å²) in [5.74, 6) is 0. The van der Waals surface area contributed by atoms with Gasteiger partial charge in [-0.1, -0.05) is 39.8 Å². The number of benzene rings is 2. The molecule has 0 spiro atoms. The molecule has 2 rings (SSSR count). The van der Waals surface area contributed by atoms with E-state index >= 15 is 0 Å². The molecule has 2 aromatic rings. The molecule has 18 heavy (non-hydrogen) atoms. The van der Waals surface area contributed by atoms with Crippen LogP contribution in [0.1, 0.15) is 11.1 Å². The summed E-state index contributed by atoms with van der Waals surface area (Å²) in [7, 11) is 3.32. The van der Waals surface area contributed by atoms with Gasteiger partial charge >= 0.3 is 0 Å². The van der Waals surface area contributed by atoms with Crippen molar-refractivity contribution in [2.45, 2.75) is 23.6 Å². The van der Waals surface area contributed by atoms with Crippen molar-refractivity contribution >= 4 is 33.0 Å². The predicted molar refractivity (Wildman–Crippen MR) is 82.9 cm³/mol. The number of nitrogens with two attached hydrogens (primary N) is 2. The molecule has 0 aliphatic rings. The number of hydrogen-bond donors (Lipinski definition) is 2. The summed E-state index contributed by atoms with van der Waals surface area (Å²) in [4.78, 5) is 2.20. The highest BCUT2D eigenvalue weighted by molar-refractivity contribution is 8.76. The van der Waals surface area contributed by atoms with Gasteiger partial charge in [-0.25, -0.2) is 0 Å². The maximum absolute atomic E-state index is 5.99. The Bertz CT molecular complexity index is 547. The van der Waals surface area contributed by atoms with Gasteiger partial charge in [0.05, 0.1) is 0 Å². The monoisotopic (exact) mass is 276 g/mol. The lowest BCUT2D eigenvalue weighted by Crippen LogP contribution is -1.90. The van der Waals surface area contributed by atoms with E-state index in [0.717, 1.165) is 21.2 Å². The van der Waals surface area contributed by atoms with E-state index in [-0.39, 0.29) is 0 Å². The Hall–Kier alpha value is -1.26. The van der Waals surface area contributed by atoms with Crippen molar-refractivity contribution in [3.05, 3.63) is 47.5 Å². The zero-order valence-electron chi connectivity index (χ0n) is 10.4. The molecule has 4 heteroatoms. The Morgan fingerprint density at radius 2 is 1.67 bits per heavy atom. The van der Waals surface area contributed by atoms with Gasteiger partial charge in [-0.05, 0) is 43.2 Å². The fourth-order valence-corrected chi connectivity index (χ4v) is 4.16. The quantitative estimate of drug-likeness (QED) is 0.649. The molecule has 0 radical (unpaired) electrons. The van der Waals surface area contributed by atoms with E-state index < -0.39 is 0 Å². The first-order valence-corrected chi connectivity index (χ1v) is 7.78. The van der Waals surface area contributed by atoms with Crippen LogP contribution in [0.4, 0.5) is 11.4 Å². The zero-order chi connectivity index (χ0) is 13.1. The molecule has 0 fully saturated rings. The highest BCUT2D eigenvalue weighted by Gasteiger charge is 2.07. The number of hydrogen-bond acceptors (Lipinski definition) is 4. The molecule has 4 N–H and O–H groups in total. The Labute approximate surface area is 116 Å². The molecule has 0 bridgehead atoms. The van der Waals surface area contributed by atoms with Crippen LogP contribution in [0.3, 0.4) is 0 Å². The normalized spacial score (nSPS) is 10.6. The van der Waals surface area contributed by atoms with E-state index in [2.05, 4.69) is 26.0 Å². The third-order valence-corrected chi connectivity index (χ3v) is 5.26. The Kier molecular flexibility index (Phi) is 4.09. The van der Waals surface area contributed by atoms with Crippen LogP contribution < -0.4 is 11.5 Å².